The van der Waals surface area contributed by atoms with Crippen molar-refractivity contribution < 1.29 is 9.59 Å². The number of hydrogen-bond acceptors (Lipinski definition) is 4. The summed E-state index contributed by atoms with van der Waals surface area (Å²) in [7, 11) is 0. The lowest BCUT2D eigenvalue weighted by Crippen LogP contribution is -1.65. The second-order valence-corrected chi connectivity index (χ2v) is 5.03. The molecule has 0 aromatic rings. The molecule has 0 bridgehead atoms. The van der Waals surface area contributed by atoms with Crippen molar-refractivity contribution in [1.29, 1.82) is 0 Å². The Kier molecular flexibility index (Phi) is 23.6. The molecule has 0 aromatic heterocycles. The second-order valence-electron chi connectivity index (χ2n) is 5.03. The number of hydrogen-bond donors (Lipinski definition) is 0. The Hall–Kier alpha value is -8.98. The van der Waals surface area contributed by atoms with Crippen LogP contribution in [0.15, 0.2) is 217 Å². The summed E-state index contributed by atoms with van der Waals surface area (Å²) in [5.74, 6) is -0.367. The van der Waals surface area contributed by atoms with Crippen molar-refractivity contribution in [3.63, 3.8) is 0 Å². The lowest BCUT2D eigenvalue weighted by molar-refractivity contribution is 0.563. The first-order valence-electron chi connectivity index (χ1n) is 10.2. The molecular weight excluding hydrogens is 516 g/mol. The van der Waals surface area contributed by atoms with Crippen LogP contribution in [0.5, 0.6) is 0 Å². The Balaban J connectivity index is 6.08. The predicted molar refractivity (Wildman–Crippen MR) is 145 cm³/mol. The quantitative estimate of drug-likeness (QED) is 0.279. The standard InChI is InChI=1S/C38H2N2O2/c1-2-3-4-5-6-7-8-9-10-11-12-13-14-15-16-17-18-19-20-21-22-23-24-25-26-27-28-29-30-31-32-33-34-35-38(39-36-41)40-37-42/h1H2. The Morgan fingerprint density at radius 2 is 0.500 bits per heavy atom. The summed E-state index contributed by atoms with van der Waals surface area (Å²) in [4.78, 5) is 26.3. The smallest absolute Gasteiger partial charge is 0.211 e. The van der Waals surface area contributed by atoms with Gasteiger partial charge in [-0.15, -0.1) is 9.98 Å². The molecule has 0 rings (SSSR count). The van der Waals surface area contributed by atoms with Crippen molar-refractivity contribution >= 4 is 12.2 Å². The maximum absolute atomic E-state index is 10.1. The molecule has 0 fully saturated rings. The fraction of sp³-hybridized carbons (Fsp3) is 0. The molecule has 0 unspecified atom stereocenters. The van der Waals surface area contributed by atoms with E-state index in [-0.39, 0.29) is 5.82 Å². The van der Waals surface area contributed by atoms with E-state index in [9.17, 15) is 9.59 Å². The average Bonchev–Trinajstić information content (AvgIpc) is 2.99. The first-order valence-corrected chi connectivity index (χ1v) is 10.2. The maximum Gasteiger partial charge on any atom is 0.242 e. The van der Waals surface area contributed by atoms with Crippen LogP contribution in [0.1, 0.15) is 0 Å². The molecule has 0 heterocycles. The molecule has 4 nitrogen and oxygen atoms in total. The highest BCUT2D eigenvalue weighted by Crippen LogP contribution is 1.90. The maximum atomic E-state index is 10.1. The third-order valence-corrected chi connectivity index (χ3v) is 2.50. The van der Waals surface area contributed by atoms with Gasteiger partial charge in [0.25, 0.3) is 0 Å². The van der Waals surface area contributed by atoms with Crippen LogP contribution in [0.25, 0.3) is 0 Å². The van der Waals surface area contributed by atoms with E-state index in [2.05, 4.69) is 211 Å². The molecule has 4 heteroatoms. The van der Waals surface area contributed by atoms with Crippen LogP contribution in [0, 0.1) is 0 Å². The Morgan fingerprint density at radius 3 is 0.690 bits per heavy atom. The van der Waals surface area contributed by atoms with Crippen molar-refractivity contribution in [3.8, 4) is 0 Å². The predicted octanol–water partition coefficient (Wildman–Crippen LogP) is 5.40. The lowest BCUT2D eigenvalue weighted by atomic mass is 10.6. The minimum atomic E-state index is -0.367. The van der Waals surface area contributed by atoms with Gasteiger partial charge in [0.2, 0.25) is 18.0 Å². The number of aliphatic imine (C=N–C) groups is 2. The third kappa shape index (κ3) is 27.3. The van der Waals surface area contributed by atoms with Crippen molar-refractivity contribution in [3.05, 3.63) is 207 Å². The first kappa shape index (κ1) is 33.0. The molecule has 0 amide bonds. The van der Waals surface area contributed by atoms with E-state index in [1.165, 1.54) is 12.2 Å². The lowest BCUT2D eigenvalue weighted by Gasteiger charge is -1.72. The summed E-state index contributed by atoms with van der Waals surface area (Å²) in [6, 6.07) is 0. The van der Waals surface area contributed by atoms with Gasteiger partial charge in [-0.1, -0.05) is 5.73 Å². The zero-order valence-corrected chi connectivity index (χ0v) is 20.9. The van der Waals surface area contributed by atoms with Gasteiger partial charge in [-0.2, -0.15) is 0 Å². The minimum Gasteiger partial charge on any atom is -0.211 e. The number of nitrogens with zero attached hydrogens (tertiary/aromatic N) is 2. The van der Waals surface area contributed by atoms with Gasteiger partial charge in [-0.05, 0) is 104 Å². The third-order valence-electron chi connectivity index (χ3n) is 2.50. The Bertz CT molecular complexity index is 2620. The molecular formula is C38H2N2O2. The molecule has 0 spiro atoms. The molecule has 0 aromatic carbocycles. The van der Waals surface area contributed by atoms with Crippen molar-refractivity contribution in [1.82, 2.24) is 0 Å². The van der Waals surface area contributed by atoms with Crippen LogP contribution in [0.4, 0.5) is 0 Å². The summed E-state index contributed by atoms with van der Waals surface area (Å²) in [6.07, 6.45) is 2.37. The summed E-state index contributed by atoms with van der Waals surface area (Å²) in [5, 5.41) is 0. The second kappa shape index (κ2) is 30.1. The van der Waals surface area contributed by atoms with Crippen LogP contribution in [0.3, 0.4) is 0 Å². The topological polar surface area (TPSA) is 58.9 Å². The van der Waals surface area contributed by atoms with E-state index in [0.717, 1.165) is 0 Å². The fourth-order valence-corrected chi connectivity index (χ4v) is 1.24. The molecule has 176 valence electrons. The Labute approximate surface area is 238 Å². The molecule has 0 saturated carbocycles. The van der Waals surface area contributed by atoms with Gasteiger partial charge >= 0.3 is 0 Å². The molecule has 0 saturated heterocycles. The van der Waals surface area contributed by atoms with E-state index in [1.54, 1.807) is 0 Å². The Morgan fingerprint density at radius 1 is 0.310 bits per heavy atom. The van der Waals surface area contributed by atoms with Crippen molar-refractivity contribution in [2.45, 2.75) is 0 Å². The van der Waals surface area contributed by atoms with E-state index >= 15 is 0 Å². The minimum absolute atomic E-state index is 0.367. The summed E-state index contributed by atoms with van der Waals surface area (Å²) < 4.78 is 0. The van der Waals surface area contributed by atoms with Crippen LogP contribution in [-0.2, 0) is 9.59 Å². The van der Waals surface area contributed by atoms with E-state index in [0.29, 0.717) is 0 Å². The number of isocyanates is 2. The van der Waals surface area contributed by atoms with Crippen LogP contribution < -0.4 is 0 Å². The normalized spacial score (nSPS) is 4.38. The molecule has 0 N–H and O–H groups in total. The molecule has 42 heavy (non-hydrogen) atoms. The fourth-order valence-electron chi connectivity index (χ4n) is 1.24. The van der Waals surface area contributed by atoms with Crippen LogP contribution in [-0.4, -0.2) is 12.2 Å². The van der Waals surface area contributed by atoms with Crippen LogP contribution in [0.2, 0.25) is 0 Å². The molecule has 0 aliphatic rings. The van der Waals surface area contributed by atoms with E-state index in [1.807, 2.05) is 0 Å². The highest BCUT2D eigenvalue weighted by Gasteiger charge is 1.83. The number of carbonyl (C=O) groups excluding carboxylic acids is 2. The highest BCUT2D eigenvalue weighted by atomic mass is 16.1. The van der Waals surface area contributed by atoms with Crippen molar-refractivity contribution in [2.24, 2.45) is 9.98 Å². The first-order chi connectivity index (χ1) is 20.8. The van der Waals surface area contributed by atoms with E-state index in [4.69, 9.17) is 0 Å². The molecule has 0 aliphatic carbocycles. The summed E-state index contributed by atoms with van der Waals surface area (Å²) >= 11 is 0. The van der Waals surface area contributed by atoms with Gasteiger partial charge < -0.3 is 0 Å². The monoisotopic (exact) mass is 518 g/mol. The van der Waals surface area contributed by atoms with Gasteiger partial charge in [0.05, 0.1) is 0 Å². The number of rotatable bonds is 2. The highest BCUT2D eigenvalue weighted by molar-refractivity contribution is 5.41. The SMILES string of the molecule is C=C=C=C=C=C=C=C=C=C=C=C=C=C=C=C=C=C=C=C=C=C=C=C=C=C=C=C=C=C=C=C=C=C=C=C(N=C=O)N=C=O. The summed E-state index contributed by atoms with van der Waals surface area (Å²) in [6.45, 7) is 3.30. The van der Waals surface area contributed by atoms with Gasteiger partial charge in [-0.3, -0.25) is 0 Å². The zero-order chi connectivity index (χ0) is 30.4. The van der Waals surface area contributed by atoms with Gasteiger partial charge in [0, 0.05) is 91.7 Å². The van der Waals surface area contributed by atoms with E-state index < -0.39 is 0 Å². The average molecular weight is 518 g/mol. The molecule has 0 radical (unpaired) electrons. The van der Waals surface area contributed by atoms with Gasteiger partial charge in [-0.25, -0.2) is 9.59 Å². The molecule has 0 aliphatic heterocycles. The van der Waals surface area contributed by atoms with Gasteiger partial charge in [0.1, 0.15) is 0 Å². The molecule has 0 atom stereocenters. The van der Waals surface area contributed by atoms with Crippen molar-refractivity contribution in [2.75, 3.05) is 0 Å². The largest absolute Gasteiger partial charge is 0.242 e. The zero-order valence-electron chi connectivity index (χ0n) is 20.9. The van der Waals surface area contributed by atoms with Gasteiger partial charge in [0.15, 0.2) is 0 Å². The van der Waals surface area contributed by atoms with Crippen LogP contribution >= 0.6 is 0 Å². The summed E-state index contributed by atoms with van der Waals surface area (Å²) in [5.41, 5.74) is 83.1.